The highest BCUT2D eigenvalue weighted by molar-refractivity contribution is 5.57. The number of methoxy groups -OCH3 is 3. The molecule has 2 N–H and O–H groups in total. The normalized spacial score (nSPS) is 17.0. The van der Waals surface area contributed by atoms with Crippen molar-refractivity contribution in [3.05, 3.63) is 17.7 Å². The Morgan fingerprint density at radius 3 is 2.20 bits per heavy atom. The molecule has 1 atom stereocenters. The van der Waals surface area contributed by atoms with Crippen LogP contribution in [-0.2, 0) is 0 Å². The van der Waals surface area contributed by atoms with Crippen LogP contribution >= 0.6 is 0 Å². The van der Waals surface area contributed by atoms with Gasteiger partial charge in [-0.05, 0) is 31.4 Å². The van der Waals surface area contributed by atoms with Gasteiger partial charge in [-0.15, -0.1) is 0 Å². The summed E-state index contributed by atoms with van der Waals surface area (Å²) < 4.78 is 16.4. The van der Waals surface area contributed by atoms with Gasteiger partial charge < -0.3 is 19.9 Å². The maximum atomic E-state index is 6.04. The molecular weight excluding hydrogens is 254 g/mol. The van der Waals surface area contributed by atoms with Gasteiger partial charge in [0.05, 0.1) is 21.3 Å². The molecule has 1 saturated carbocycles. The van der Waals surface area contributed by atoms with E-state index in [1.54, 1.807) is 21.3 Å². The van der Waals surface area contributed by atoms with Crippen LogP contribution < -0.4 is 19.9 Å². The zero-order valence-electron chi connectivity index (χ0n) is 12.6. The Balaban J connectivity index is 2.43. The highest BCUT2D eigenvalue weighted by atomic mass is 16.5. The predicted molar refractivity (Wildman–Crippen MR) is 79.9 cm³/mol. The Hall–Kier alpha value is -1.42. The van der Waals surface area contributed by atoms with E-state index in [-0.39, 0.29) is 0 Å². The largest absolute Gasteiger partial charge is 0.493 e. The number of ether oxygens (including phenoxy) is 3. The van der Waals surface area contributed by atoms with Crippen molar-refractivity contribution in [2.24, 2.45) is 11.7 Å². The summed E-state index contributed by atoms with van der Waals surface area (Å²) in [4.78, 5) is 0. The molecule has 1 fully saturated rings. The number of nitrogens with two attached hydrogens (primary N) is 1. The van der Waals surface area contributed by atoms with Gasteiger partial charge in [0.1, 0.15) is 0 Å². The lowest BCUT2D eigenvalue weighted by atomic mass is 9.84. The molecule has 1 aromatic carbocycles. The molecule has 0 radical (unpaired) electrons. The van der Waals surface area contributed by atoms with Gasteiger partial charge in [-0.25, -0.2) is 0 Å². The summed E-state index contributed by atoms with van der Waals surface area (Å²) in [6.07, 6.45) is 5.10. The molecule has 4 nitrogen and oxygen atoms in total. The van der Waals surface area contributed by atoms with Crippen molar-refractivity contribution in [3.8, 4) is 17.2 Å². The molecule has 1 aliphatic rings. The van der Waals surface area contributed by atoms with Gasteiger partial charge in [0.2, 0.25) is 5.75 Å². The first kappa shape index (κ1) is 15.0. The number of hydrogen-bond acceptors (Lipinski definition) is 4. The minimum absolute atomic E-state index is 0.326. The fourth-order valence-electron chi connectivity index (χ4n) is 3.35. The first-order valence-electron chi connectivity index (χ1n) is 7.25. The van der Waals surface area contributed by atoms with Crippen molar-refractivity contribution in [1.82, 2.24) is 0 Å². The van der Waals surface area contributed by atoms with Crippen LogP contribution in [-0.4, -0.2) is 27.9 Å². The minimum Gasteiger partial charge on any atom is -0.493 e. The van der Waals surface area contributed by atoms with Crippen LogP contribution in [0.2, 0.25) is 0 Å². The smallest absolute Gasteiger partial charge is 0.203 e. The van der Waals surface area contributed by atoms with Crippen molar-refractivity contribution < 1.29 is 14.2 Å². The van der Waals surface area contributed by atoms with Crippen molar-refractivity contribution in [1.29, 1.82) is 0 Å². The summed E-state index contributed by atoms with van der Waals surface area (Å²) in [5.41, 5.74) is 7.18. The Morgan fingerprint density at radius 2 is 1.70 bits per heavy atom. The lowest BCUT2D eigenvalue weighted by Gasteiger charge is -2.25. The Morgan fingerprint density at radius 1 is 1.05 bits per heavy atom. The van der Waals surface area contributed by atoms with Crippen LogP contribution in [0.15, 0.2) is 12.1 Å². The van der Waals surface area contributed by atoms with Crippen molar-refractivity contribution in [3.63, 3.8) is 0 Å². The maximum absolute atomic E-state index is 6.04. The molecule has 0 spiro atoms. The second-order valence-electron chi connectivity index (χ2n) is 5.31. The molecule has 1 aliphatic carbocycles. The molecular formula is C16H25NO3. The average Bonchev–Trinajstić information content (AvgIpc) is 3.01. The number of benzene rings is 1. The van der Waals surface area contributed by atoms with E-state index in [1.165, 1.54) is 25.7 Å². The van der Waals surface area contributed by atoms with Gasteiger partial charge >= 0.3 is 0 Å². The van der Waals surface area contributed by atoms with E-state index in [9.17, 15) is 0 Å². The predicted octanol–water partition coefficient (Wildman–Crippen LogP) is 2.94. The van der Waals surface area contributed by atoms with Crippen LogP contribution in [0.4, 0.5) is 0 Å². The standard InChI is InChI=1S/C16H25NO3/c1-18-14-9-8-12(15(19-2)16(14)20-3)13(10-17)11-6-4-5-7-11/h8-9,11,13H,4-7,10,17H2,1-3H3. The first-order valence-corrected chi connectivity index (χ1v) is 7.25. The molecule has 0 aliphatic heterocycles. The molecule has 0 aromatic heterocycles. The zero-order valence-corrected chi connectivity index (χ0v) is 12.6. The summed E-state index contributed by atoms with van der Waals surface area (Å²) in [6.45, 7) is 0.635. The Labute approximate surface area is 121 Å². The second-order valence-corrected chi connectivity index (χ2v) is 5.31. The lowest BCUT2D eigenvalue weighted by molar-refractivity contribution is 0.316. The van der Waals surface area contributed by atoms with Crippen LogP contribution in [0.1, 0.15) is 37.2 Å². The fourth-order valence-corrected chi connectivity index (χ4v) is 3.35. The first-order chi connectivity index (χ1) is 9.76. The second kappa shape index (κ2) is 6.84. The summed E-state index contributed by atoms with van der Waals surface area (Å²) in [7, 11) is 4.94. The molecule has 20 heavy (non-hydrogen) atoms. The summed E-state index contributed by atoms with van der Waals surface area (Å²) in [6, 6.07) is 4.00. The molecule has 0 saturated heterocycles. The van der Waals surface area contributed by atoms with Crippen LogP contribution in [0, 0.1) is 5.92 Å². The third-order valence-electron chi connectivity index (χ3n) is 4.36. The van der Waals surface area contributed by atoms with Gasteiger partial charge in [0, 0.05) is 11.5 Å². The molecule has 0 amide bonds. The van der Waals surface area contributed by atoms with Gasteiger partial charge in [-0.3, -0.25) is 0 Å². The van der Waals surface area contributed by atoms with E-state index in [2.05, 4.69) is 6.07 Å². The third kappa shape index (κ3) is 2.70. The summed E-state index contributed by atoms with van der Waals surface area (Å²) in [5.74, 6) is 3.08. The Kier molecular flexibility index (Phi) is 5.12. The highest BCUT2D eigenvalue weighted by Crippen LogP contribution is 2.46. The molecule has 0 heterocycles. The molecule has 2 rings (SSSR count). The van der Waals surface area contributed by atoms with E-state index < -0.39 is 0 Å². The van der Waals surface area contributed by atoms with Gasteiger partial charge in [-0.1, -0.05) is 18.9 Å². The molecule has 4 heteroatoms. The van der Waals surface area contributed by atoms with Crippen LogP contribution in [0.25, 0.3) is 0 Å². The molecule has 112 valence electrons. The van der Waals surface area contributed by atoms with Gasteiger partial charge in [0.15, 0.2) is 11.5 Å². The molecule has 0 bridgehead atoms. The van der Waals surface area contributed by atoms with Crippen LogP contribution in [0.3, 0.4) is 0 Å². The maximum Gasteiger partial charge on any atom is 0.203 e. The van der Waals surface area contributed by atoms with E-state index in [4.69, 9.17) is 19.9 Å². The van der Waals surface area contributed by atoms with E-state index in [0.29, 0.717) is 29.9 Å². The summed E-state index contributed by atoms with van der Waals surface area (Å²) >= 11 is 0. The average molecular weight is 279 g/mol. The highest BCUT2D eigenvalue weighted by Gasteiger charge is 2.29. The number of hydrogen-bond donors (Lipinski definition) is 1. The SMILES string of the molecule is COc1ccc(C(CN)C2CCCC2)c(OC)c1OC. The molecule has 1 unspecified atom stereocenters. The lowest BCUT2D eigenvalue weighted by Crippen LogP contribution is -2.20. The summed E-state index contributed by atoms with van der Waals surface area (Å²) in [5, 5.41) is 0. The van der Waals surface area contributed by atoms with Gasteiger partial charge in [-0.2, -0.15) is 0 Å². The van der Waals surface area contributed by atoms with Gasteiger partial charge in [0.25, 0.3) is 0 Å². The third-order valence-corrected chi connectivity index (χ3v) is 4.36. The zero-order chi connectivity index (χ0) is 14.5. The Bertz CT molecular complexity index is 442. The minimum atomic E-state index is 0.326. The number of rotatable bonds is 6. The van der Waals surface area contributed by atoms with Crippen LogP contribution in [0.5, 0.6) is 17.2 Å². The molecule has 1 aromatic rings. The van der Waals surface area contributed by atoms with E-state index in [1.807, 2.05) is 6.07 Å². The van der Waals surface area contributed by atoms with Crippen molar-refractivity contribution in [2.45, 2.75) is 31.6 Å². The van der Waals surface area contributed by atoms with E-state index in [0.717, 1.165) is 11.3 Å². The monoisotopic (exact) mass is 279 g/mol. The fraction of sp³-hybridized carbons (Fsp3) is 0.625. The van der Waals surface area contributed by atoms with Crippen molar-refractivity contribution in [2.75, 3.05) is 27.9 Å². The topological polar surface area (TPSA) is 53.7 Å². The quantitative estimate of drug-likeness (QED) is 0.870. The van der Waals surface area contributed by atoms with Crippen molar-refractivity contribution >= 4 is 0 Å². The van der Waals surface area contributed by atoms with E-state index >= 15 is 0 Å².